The van der Waals surface area contributed by atoms with Crippen molar-refractivity contribution in [2.75, 3.05) is 13.2 Å². The molecule has 0 bridgehead atoms. The fraction of sp³-hybridized carbons (Fsp3) is 0.211. The molecule has 0 saturated carbocycles. The van der Waals surface area contributed by atoms with Gasteiger partial charge in [-0.05, 0) is 37.6 Å². The van der Waals surface area contributed by atoms with E-state index in [0.717, 1.165) is 22.4 Å². The molecule has 2 aromatic carbocycles. The van der Waals surface area contributed by atoms with Crippen LogP contribution in [0.1, 0.15) is 21.7 Å². The zero-order valence-electron chi connectivity index (χ0n) is 14.5. The predicted molar refractivity (Wildman–Crippen MR) is 101 cm³/mol. The van der Waals surface area contributed by atoms with E-state index in [1.54, 1.807) is 16.8 Å². The van der Waals surface area contributed by atoms with E-state index in [1.165, 1.54) is 0 Å². The number of carbonyl (C=O) groups is 1. The molecule has 0 fully saturated rings. The molecule has 0 aliphatic rings. The number of hydrogen-bond acceptors (Lipinski definition) is 4. The van der Waals surface area contributed by atoms with Crippen LogP contribution in [0.15, 0.2) is 42.5 Å². The fourth-order valence-electron chi connectivity index (χ4n) is 2.68. The van der Waals surface area contributed by atoms with Gasteiger partial charge in [-0.25, -0.2) is 9.67 Å². The number of amides is 1. The molecule has 1 aromatic heterocycles. The minimum absolute atomic E-state index is 0.0356. The molecule has 7 heteroatoms. The third-order valence-corrected chi connectivity index (χ3v) is 4.11. The lowest BCUT2D eigenvalue weighted by Crippen LogP contribution is -2.27. The van der Waals surface area contributed by atoms with Gasteiger partial charge in [0.25, 0.3) is 5.91 Å². The second-order valence-electron chi connectivity index (χ2n) is 5.95. The molecule has 0 aliphatic carbocycles. The zero-order chi connectivity index (χ0) is 18.7. The van der Waals surface area contributed by atoms with Crippen LogP contribution in [-0.2, 0) is 0 Å². The first-order valence-electron chi connectivity index (χ1n) is 8.19. The predicted octanol–water partition coefficient (Wildman–Crippen LogP) is 2.93. The summed E-state index contributed by atoms with van der Waals surface area (Å²) in [6.07, 6.45) is 0. The van der Waals surface area contributed by atoms with Gasteiger partial charge in [-0.2, -0.15) is 0 Å². The van der Waals surface area contributed by atoms with E-state index >= 15 is 0 Å². The highest BCUT2D eigenvalue weighted by Gasteiger charge is 2.19. The smallest absolute Gasteiger partial charge is 0.291 e. The van der Waals surface area contributed by atoms with Crippen LogP contribution in [0.4, 0.5) is 0 Å². The first-order valence-corrected chi connectivity index (χ1v) is 8.57. The summed E-state index contributed by atoms with van der Waals surface area (Å²) in [5.74, 6) is 0.118. The number of benzene rings is 2. The van der Waals surface area contributed by atoms with Crippen molar-refractivity contribution in [3.05, 3.63) is 64.4 Å². The van der Waals surface area contributed by atoms with Gasteiger partial charge in [0, 0.05) is 17.1 Å². The average molecular weight is 371 g/mol. The fourth-order valence-corrected chi connectivity index (χ4v) is 2.87. The molecule has 2 N–H and O–H groups in total. The molecule has 3 rings (SSSR count). The molecule has 0 atom stereocenters. The van der Waals surface area contributed by atoms with Gasteiger partial charge in [-0.15, -0.1) is 5.10 Å². The zero-order valence-corrected chi connectivity index (χ0v) is 15.3. The number of nitrogens with zero attached hydrogens (tertiary/aromatic N) is 3. The Kier molecular flexibility index (Phi) is 5.35. The summed E-state index contributed by atoms with van der Waals surface area (Å²) in [6.45, 7) is 4.00. The van der Waals surface area contributed by atoms with Crippen molar-refractivity contribution in [2.45, 2.75) is 13.8 Å². The van der Waals surface area contributed by atoms with E-state index in [9.17, 15) is 4.79 Å². The van der Waals surface area contributed by atoms with Crippen molar-refractivity contribution in [1.82, 2.24) is 20.1 Å². The Morgan fingerprint density at radius 1 is 1.23 bits per heavy atom. The molecule has 1 amide bonds. The van der Waals surface area contributed by atoms with Crippen molar-refractivity contribution in [3.63, 3.8) is 0 Å². The molecule has 0 saturated heterocycles. The quantitative estimate of drug-likeness (QED) is 0.723. The molecule has 6 nitrogen and oxygen atoms in total. The van der Waals surface area contributed by atoms with Gasteiger partial charge in [-0.1, -0.05) is 41.4 Å². The van der Waals surface area contributed by atoms with Gasteiger partial charge < -0.3 is 10.4 Å². The minimum Gasteiger partial charge on any atom is -0.395 e. The van der Waals surface area contributed by atoms with Gasteiger partial charge in [0.05, 0.1) is 12.3 Å². The molecule has 134 valence electrons. The number of hydrogen-bond donors (Lipinski definition) is 2. The standard InChI is InChI=1S/C19H19ClN4O2/c1-12-6-7-16(13(2)10-12)24-18(14-4-3-5-15(20)11-14)22-17(23-24)19(26)21-8-9-25/h3-7,10-11,25H,8-9H2,1-2H3,(H,21,26). The normalized spacial score (nSPS) is 10.8. The highest BCUT2D eigenvalue weighted by Crippen LogP contribution is 2.25. The number of aromatic nitrogens is 3. The number of halogens is 1. The second-order valence-corrected chi connectivity index (χ2v) is 6.39. The van der Waals surface area contributed by atoms with Crippen LogP contribution in [0, 0.1) is 13.8 Å². The Labute approximate surface area is 156 Å². The number of carbonyl (C=O) groups excluding carboxylic acids is 1. The highest BCUT2D eigenvalue weighted by molar-refractivity contribution is 6.30. The van der Waals surface area contributed by atoms with E-state index in [-0.39, 0.29) is 19.0 Å². The Hall–Kier alpha value is -2.70. The van der Waals surface area contributed by atoms with Crippen LogP contribution >= 0.6 is 11.6 Å². The lowest BCUT2D eigenvalue weighted by molar-refractivity contribution is 0.0934. The Morgan fingerprint density at radius 3 is 2.73 bits per heavy atom. The van der Waals surface area contributed by atoms with Crippen LogP contribution in [0.3, 0.4) is 0 Å². The number of nitrogens with one attached hydrogen (secondary N) is 1. The van der Waals surface area contributed by atoms with Gasteiger partial charge in [0.2, 0.25) is 5.82 Å². The topological polar surface area (TPSA) is 80.0 Å². The maximum atomic E-state index is 12.3. The maximum absolute atomic E-state index is 12.3. The SMILES string of the molecule is Cc1ccc(-n2nc(C(=O)NCCO)nc2-c2cccc(Cl)c2)c(C)c1. The molecule has 0 unspecified atom stereocenters. The molecule has 0 spiro atoms. The van der Waals surface area contributed by atoms with Crippen LogP contribution in [0.25, 0.3) is 17.1 Å². The van der Waals surface area contributed by atoms with Crippen molar-refractivity contribution in [3.8, 4) is 17.1 Å². The van der Waals surface area contributed by atoms with Gasteiger partial charge >= 0.3 is 0 Å². The van der Waals surface area contributed by atoms with Crippen molar-refractivity contribution < 1.29 is 9.90 Å². The molecule has 3 aromatic rings. The average Bonchev–Trinajstić information content (AvgIpc) is 3.05. The van der Waals surface area contributed by atoms with Crippen molar-refractivity contribution in [2.24, 2.45) is 0 Å². The van der Waals surface area contributed by atoms with Crippen molar-refractivity contribution >= 4 is 17.5 Å². The largest absolute Gasteiger partial charge is 0.395 e. The first kappa shape index (κ1) is 18.1. The Balaban J connectivity index is 2.14. The number of aliphatic hydroxyl groups is 1. The van der Waals surface area contributed by atoms with Crippen LogP contribution < -0.4 is 5.32 Å². The lowest BCUT2D eigenvalue weighted by Gasteiger charge is -2.10. The summed E-state index contributed by atoms with van der Waals surface area (Å²) < 4.78 is 1.65. The Morgan fingerprint density at radius 2 is 2.04 bits per heavy atom. The monoisotopic (exact) mass is 370 g/mol. The third-order valence-electron chi connectivity index (χ3n) is 3.87. The summed E-state index contributed by atoms with van der Waals surface area (Å²) in [7, 11) is 0. The maximum Gasteiger partial charge on any atom is 0.291 e. The molecule has 0 radical (unpaired) electrons. The lowest BCUT2D eigenvalue weighted by atomic mass is 10.1. The molecule has 1 heterocycles. The van der Waals surface area contributed by atoms with E-state index in [4.69, 9.17) is 16.7 Å². The number of rotatable bonds is 5. The van der Waals surface area contributed by atoms with Gasteiger partial charge in [0.1, 0.15) is 0 Å². The molecular formula is C19H19ClN4O2. The number of aliphatic hydroxyl groups excluding tert-OH is 1. The van der Waals surface area contributed by atoms with Crippen LogP contribution in [0.5, 0.6) is 0 Å². The molecule has 0 aliphatic heterocycles. The van der Waals surface area contributed by atoms with Gasteiger partial charge in [0.15, 0.2) is 5.82 Å². The van der Waals surface area contributed by atoms with Crippen molar-refractivity contribution in [1.29, 1.82) is 0 Å². The van der Waals surface area contributed by atoms with E-state index in [2.05, 4.69) is 15.4 Å². The van der Waals surface area contributed by atoms with Gasteiger partial charge in [-0.3, -0.25) is 4.79 Å². The number of aryl methyl sites for hydroxylation is 2. The van der Waals surface area contributed by atoms with E-state index in [1.807, 2.05) is 44.2 Å². The summed E-state index contributed by atoms with van der Waals surface area (Å²) in [6, 6.07) is 13.2. The summed E-state index contributed by atoms with van der Waals surface area (Å²) in [5, 5.41) is 16.4. The van der Waals surface area contributed by atoms with Crippen LogP contribution in [-0.4, -0.2) is 38.9 Å². The Bertz CT molecular complexity index is 952. The summed E-state index contributed by atoms with van der Waals surface area (Å²) in [5.41, 5.74) is 3.74. The third kappa shape index (κ3) is 3.76. The summed E-state index contributed by atoms with van der Waals surface area (Å²) in [4.78, 5) is 16.7. The second kappa shape index (κ2) is 7.68. The minimum atomic E-state index is -0.439. The first-order chi connectivity index (χ1) is 12.5. The van der Waals surface area contributed by atoms with Crippen LogP contribution in [0.2, 0.25) is 5.02 Å². The summed E-state index contributed by atoms with van der Waals surface area (Å²) >= 11 is 6.12. The highest BCUT2D eigenvalue weighted by atomic mass is 35.5. The molecule has 26 heavy (non-hydrogen) atoms. The van der Waals surface area contributed by atoms with E-state index in [0.29, 0.717) is 10.8 Å². The van der Waals surface area contributed by atoms with E-state index < -0.39 is 5.91 Å². The molecular weight excluding hydrogens is 352 g/mol.